The second-order valence-corrected chi connectivity index (χ2v) is 6.28. The molecule has 1 aromatic carbocycles. The van der Waals surface area contributed by atoms with Crippen molar-refractivity contribution in [1.82, 2.24) is 0 Å². The van der Waals surface area contributed by atoms with Gasteiger partial charge in [0.25, 0.3) is 0 Å². The Morgan fingerprint density at radius 3 is 2.74 bits per heavy atom. The van der Waals surface area contributed by atoms with Gasteiger partial charge in [0, 0.05) is 5.41 Å². The number of hydrogen-bond acceptors (Lipinski definition) is 2. The van der Waals surface area contributed by atoms with Crippen LogP contribution >= 0.6 is 0 Å². The van der Waals surface area contributed by atoms with E-state index in [9.17, 15) is 4.79 Å². The highest BCUT2D eigenvalue weighted by molar-refractivity contribution is 5.68. The van der Waals surface area contributed by atoms with Crippen molar-refractivity contribution in [1.29, 1.82) is 0 Å². The van der Waals surface area contributed by atoms with Gasteiger partial charge in [0.2, 0.25) is 0 Å². The molecule has 1 atom stereocenters. The molecule has 3 N–H and O–H groups in total. The molecular weight excluding hydrogens is 238 g/mol. The molecule has 3 nitrogen and oxygen atoms in total. The highest BCUT2D eigenvalue weighted by atomic mass is 16.4. The highest BCUT2D eigenvalue weighted by Gasteiger charge is 2.38. The summed E-state index contributed by atoms with van der Waals surface area (Å²) in [5.41, 5.74) is 9.62. The van der Waals surface area contributed by atoms with E-state index in [-0.39, 0.29) is 11.8 Å². The van der Waals surface area contributed by atoms with Crippen LogP contribution in [0.2, 0.25) is 0 Å². The van der Waals surface area contributed by atoms with Gasteiger partial charge in [0.15, 0.2) is 0 Å². The number of nitrogens with two attached hydrogens (primary N) is 1. The van der Waals surface area contributed by atoms with E-state index in [1.54, 1.807) is 0 Å². The first kappa shape index (κ1) is 14.1. The third kappa shape index (κ3) is 2.98. The number of rotatable bonds is 5. The van der Waals surface area contributed by atoms with Gasteiger partial charge in [-0.15, -0.1) is 0 Å². The molecule has 1 aliphatic rings. The second-order valence-electron chi connectivity index (χ2n) is 6.28. The maximum absolute atomic E-state index is 11.1. The van der Waals surface area contributed by atoms with Crippen molar-refractivity contribution >= 4 is 5.97 Å². The lowest BCUT2D eigenvalue weighted by atomic mass is 9.81. The third-order valence-corrected chi connectivity index (χ3v) is 4.07. The van der Waals surface area contributed by atoms with Crippen LogP contribution in [-0.2, 0) is 24.1 Å². The summed E-state index contributed by atoms with van der Waals surface area (Å²) in [6.07, 6.45) is 2.83. The van der Waals surface area contributed by atoms with Crippen LogP contribution in [-0.4, -0.2) is 17.6 Å². The molecule has 0 radical (unpaired) electrons. The zero-order chi connectivity index (χ0) is 14.0. The molecular formula is C16H23NO2. The van der Waals surface area contributed by atoms with E-state index in [0.29, 0.717) is 12.5 Å². The van der Waals surface area contributed by atoms with Gasteiger partial charge < -0.3 is 10.8 Å². The molecule has 0 saturated heterocycles. The van der Waals surface area contributed by atoms with Gasteiger partial charge in [-0.05, 0) is 48.4 Å². The lowest BCUT2D eigenvalue weighted by Gasteiger charge is -2.25. The van der Waals surface area contributed by atoms with E-state index in [2.05, 4.69) is 32.0 Å². The molecule has 3 heteroatoms. The van der Waals surface area contributed by atoms with Gasteiger partial charge in [-0.3, -0.25) is 4.79 Å². The normalized spacial score (nSPS) is 21.7. The molecule has 1 unspecified atom stereocenters. The Balaban J connectivity index is 2.30. The monoisotopic (exact) mass is 261 g/mol. The second kappa shape index (κ2) is 5.33. The number of carbonyl (C=O) groups is 1. The van der Waals surface area contributed by atoms with E-state index in [4.69, 9.17) is 10.8 Å². The van der Waals surface area contributed by atoms with Gasteiger partial charge in [0.05, 0.1) is 6.42 Å². The fourth-order valence-electron chi connectivity index (χ4n) is 3.22. The van der Waals surface area contributed by atoms with Crippen molar-refractivity contribution in [3.63, 3.8) is 0 Å². The van der Waals surface area contributed by atoms with Gasteiger partial charge in [0.1, 0.15) is 0 Å². The molecule has 2 rings (SSSR count). The van der Waals surface area contributed by atoms with E-state index in [1.807, 2.05) is 0 Å². The van der Waals surface area contributed by atoms with E-state index >= 15 is 0 Å². The zero-order valence-corrected chi connectivity index (χ0v) is 11.8. The first-order valence-corrected chi connectivity index (χ1v) is 6.97. The molecule has 0 fully saturated rings. The van der Waals surface area contributed by atoms with E-state index in [1.165, 1.54) is 16.7 Å². The van der Waals surface area contributed by atoms with Crippen LogP contribution in [0.5, 0.6) is 0 Å². The Morgan fingerprint density at radius 2 is 2.16 bits per heavy atom. The van der Waals surface area contributed by atoms with Gasteiger partial charge in [-0.25, -0.2) is 0 Å². The number of aliphatic carboxylic acids is 1. The molecule has 1 aliphatic carbocycles. The minimum Gasteiger partial charge on any atom is -0.481 e. The summed E-state index contributed by atoms with van der Waals surface area (Å²) in [5, 5.41) is 9.11. The number of carboxylic acid groups (broad SMARTS) is 1. The van der Waals surface area contributed by atoms with Crippen LogP contribution in [0.25, 0.3) is 0 Å². The maximum atomic E-state index is 11.1. The number of benzene rings is 1. The molecule has 19 heavy (non-hydrogen) atoms. The van der Waals surface area contributed by atoms with Gasteiger partial charge >= 0.3 is 5.97 Å². The molecule has 104 valence electrons. The largest absolute Gasteiger partial charge is 0.481 e. The Morgan fingerprint density at radius 1 is 1.42 bits per heavy atom. The van der Waals surface area contributed by atoms with Crippen molar-refractivity contribution in [3.05, 3.63) is 34.9 Å². The maximum Gasteiger partial charge on any atom is 0.303 e. The molecule has 0 spiro atoms. The SMILES string of the molecule is CC(C)Cc1cccc2c1CC(CN)(CC(=O)O)C2. The van der Waals surface area contributed by atoms with Crippen LogP contribution in [0.4, 0.5) is 0 Å². The van der Waals surface area contributed by atoms with E-state index < -0.39 is 5.97 Å². The van der Waals surface area contributed by atoms with Crippen LogP contribution in [0.15, 0.2) is 18.2 Å². The lowest BCUT2D eigenvalue weighted by molar-refractivity contribution is -0.139. The quantitative estimate of drug-likeness (QED) is 0.855. The summed E-state index contributed by atoms with van der Waals surface area (Å²) in [5.74, 6) is -0.137. The lowest BCUT2D eigenvalue weighted by Crippen LogP contribution is -2.33. The first-order valence-electron chi connectivity index (χ1n) is 6.97. The fraction of sp³-hybridized carbons (Fsp3) is 0.562. The fourth-order valence-corrected chi connectivity index (χ4v) is 3.22. The third-order valence-electron chi connectivity index (χ3n) is 4.07. The smallest absolute Gasteiger partial charge is 0.303 e. The highest BCUT2D eigenvalue weighted by Crippen LogP contribution is 2.40. The van der Waals surface area contributed by atoms with Crippen molar-refractivity contribution in [2.45, 2.75) is 39.5 Å². The predicted molar refractivity (Wildman–Crippen MR) is 76.1 cm³/mol. The van der Waals surface area contributed by atoms with Crippen LogP contribution in [0, 0.1) is 11.3 Å². The predicted octanol–water partition coefficient (Wildman–Crippen LogP) is 2.40. The van der Waals surface area contributed by atoms with Crippen molar-refractivity contribution < 1.29 is 9.90 Å². The van der Waals surface area contributed by atoms with Gasteiger partial charge in [-0.2, -0.15) is 0 Å². The number of carboxylic acids is 1. The molecule has 0 bridgehead atoms. The summed E-state index contributed by atoms with van der Waals surface area (Å²) in [6.45, 7) is 4.86. The average Bonchev–Trinajstić information content (AvgIpc) is 2.67. The van der Waals surface area contributed by atoms with Crippen molar-refractivity contribution in [2.24, 2.45) is 17.1 Å². The summed E-state index contributed by atoms with van der Waals surface area (Å²) in [6, 6.07) is 6.38. The summed E-state index contributed by atoms with van der Waals surface area (Å²) in [4.78, 5) is 11.1. The number of hydrogen-bond donors (Lipinski definition) is 2. The molecule has 0 saturated carbocycles. The molecule has 0 heterocycles. The minimum atomic E-state index is -0.747. The average molecular weight is 261 g/mol. The summed E-state index contributed by atoms with van der Waals surface area (Å²) < 4.78 is 0. The van der Waals surface area contributed by atoms with Crippen LogP contribution < -0.4 is 5.73 Å². The Hall–Kier alpha value is -1.35. The van der Waals surface area contributed by atoms with Crippen molar-refractivity contribution in [3.8, 4) is 0 Å². The topological polar surface area (TPSA) is 63.3 Å². The van der Waals surface area contributed by atoms with Crippen LogP contribution in [0.1, 0.15) is 37.0 Å². The minimum absolute atomic E-state index is 0.166. The Labute approximate surface area is 114 Å². The number of fused-ring (bicyclic) bond motifs is 1. The van der Waals surface area contributed by atoms with Crippen molar-refractivity contribution in [2.75, 3.05) is 6.54 Å². The summed E-state index contributed by atoms with van der Waals surface area (Å²) in [7, 11) is 0. The molecule has 0 aromatic heterocycles. The molecule has 0 aliphatic heterocycles. The summed E-state index contributed by atoms with van der Waals surface area (Å²) >= 11 is 0. The van der Waals surface area contributed by atoms with Gasteiger partial charge in [-0.1, -0.05) is 32.0 Å². The van der Waals surface area contributed by atoms with E-state index in [0.717, 1.165) is 19.3 Å². The zero-order valence-electron chi connectivity index (χ0n) is 11.8. The molecule has 0 amide bonds. The van der Waals surface area contributed by atoms with Crippen LogP contribution in [0.3, 0.4) is 0 Å². The standard InChI is InChI=1S/C16H23NO2/c1-11(2)6-12-4-3-5-13-7-16(10-17,8-14(12)13)9-15(18)19/h3-5,11H,6-10,17H2,1-2H3,(H,18,19). The first-order chi connectivity index (χ1) is 8.96. The molecule has 1 aromatic rings. The Bertz CT molecular complexity index is 482. The Kier molecular flexibility index (Phi) is 3.95.